The van der Waals surface area contributed by atoms with E-state index in [9.17, 15) is 4.79 Å². The Hall–Kier alpha value is -0.830. The first-order valence-corrected chi connectivity index (χ1v) is 4.60. The largest absolute Gasteiger partial charge is 0.339 e. The summed E-state index contributed by atoms with van der Waals surface area (Å²) in [5.74, 6) is 0.0948. The zero-order valence-corrected chi connectivity index (χ0v) is 8.84. The van der Waals surface area contributed by atoms with Crippen molar-refractivity contribution in [3.05, 3.63) is 12.7 Å². The molecule has 0 rings (SSSR count). The number of hydrogen-bond donors (Lipinski definition) is 1. The molecule has 0 aliphatic heterocycles. The van der Waals surface area contributed by atoms with Gasteiger partial charge in [-0.3, -0.25) is 4.79 Å². The van der Waals surface area contributed by atoms with Gasteiger partial charge < -0.3 is 10.6 Å². The van der Waals surface area contributed by atoms with Gasteiger partial charge in [-0.2, -0.15) is 0 Å². The first-order chi connectivity index (χ1) is 5.99. The Bertz CT molecular complexity index is 187. The Kier molecular flexibility index (Phi) is 4.70. The summed E-state index contributed by atoms with van der Waals surface area (Å²) in [4.78, 5) is 13.6. The third-order valence-electron chi connectivity index (χ3n) is 2.11. The van der Waals surface area contributed by atoms with Crippen molar-refractivity contribution >= 4 is 5.91 Å². The first kappa shape index (κ1) is 12.2. The van der Waals surface area contributed by atoms with E-state index in [1.54, 1.807) is 11.0 Å². The second kappa shape index (κ2) is 5.02. The molecular formula is C10H20N2O. The molecule has 3 nitrogen and oxygen atoms in total. The van der Waals surface area contributed by atoms with Gasteiger partial charge in [0.2, 0.25) is 5.91 Å². The van der Waals surface area contributed by atoms with E-state index in [-0.39, 0.29) is 5.91 Å². The maximum Gasteiger partial charge on any atom is 0.229 e. The van der Waals surface area contributed by atoms with Gasteiger partial charge in [0.1, 0.15) is 0 Å². The molecule has 0 aromatic heterocycles. The van der Waals surface area contributed by atoms with E-state index < -0.39 is 5.41 Å². The van der Waals surface area contributed by atoms with Crippen LogP contribution in [0, 0.1) is 5.41 Å². The lowest BCUT2D eigenvalue weighted by molar-refractivity contribution is -0.139. The molecule has 0 unspecified atom stereocenters. The minimum atomic E-state index is -0.459. The predicted octanol–water partition coefficient (Wildman–Crippen LogP) is 1.01. The molecular weight excluding hydrogens is 164 g/mol. The molecule has 0 atom stereocenters. The number of hydrogen-bond acceptors (Lipinski definition) is 2. The summed E-state index contributed by atoms with van der Waals surface area (Å²) in [6, 6.07) is 0. The molecule has 0 aromatic rings. The second-order valence-corrected chi connectivity index (χ2v) is 3.72. The van der Waals surface area contributed by atoms with Crippen LogP contribution in [-0.4, -0.2) is 30.4 Å². The number of nitrogens with zero attached hydrogens (tertiary/aromatic N) is 1. The number of likely N-dealkylation sites (N-methyl/N-ethyl adjacent to an activating group) is 1. The van der Waals surface area contributed by atoms with Gasteiger partial charge in [-0.15, -0.1) is 6.58 Å². The minimum Gasteiger partial charge on any atom is -0.339 e. The molecule has 76 valence electrons. The fraction of sp³-hybridized carbons (Fsp3) is 0.700. The van der Waals surface area contributed by atoms with Crippen LogP contribution in [0.4, 0.5) is 0 Å². The molecule has 13 heavy (non-hydrogen) atoms. The molecule has 0 saturated carbocycles. The molecule has 0 fully saturated rings. The Morgan fingerprint density at radius 1 is 1.62 bits per heavy atom. The van der Waals surface area contributed by atoms with Crippen molar-refractivity contribution in [2.75, 3.05) is 19.6 Å². The van der Waals surface area contributed by atoms with E-state index in [0.29, 0.717) is 19.6 Å². The fourth-order valence-corrected chi connectivity index (χ4v) is 1.03. The van der Waals surface area contributed by atoms with Gasteiger partial charge in [0.25, 0.3) is 0 Å². The van der Waals surface area contributed by atoms with Gasteiger partial charge in [-0.25, -0.2) is 0 Å². The van der Waals surface area contributed by atoms with E-state index in [0.717, 1.165) is 0 Å². The highest BCUT2D eigenvalue weighted by atomic mass is 16.2. The van der Waals surface area contributed by atoms with Crippen LogP contribution < -0.4 is 5.73 Å². The molecule has 0 radical (unpaired) electrons. The van der Waals surface area contributed by atoms with E-state index in [2.05, 4.69) is 6.58 Å². The summed E-state index contributed by atoms with van der Waals surface area (Å²) in [6.07, 6.45) is 1.73. The minimum absolute atomic E-state index is 0.0948. The average molecular weight is 184 g/mol. The maximum absolute atomic E-state index is 11.8. The second-order valence-electron chi connectivity index (χ2n) is 3.72. The van der Waals surface area contributed by atoms with Crippen LogP contribution in [0.15, 0.2) is 12.7 Å². The number of rotatable bonds is 5. The van der Waals surface area contributed by atoms with Gasteiger partial charge in [-0.05, 0) is 20.8 Å². The molecule has 1 amide bonds. The standard InChI is InChI=1S/C10H20N2O/c1-5-7-12(6-2)9(13)10(3,4)8-11/h5H,1,6-8,11H2,2-4H3. The van der Waals surface area contributed by atoms with Crippen molar-refractivity contribution in [3.63, 3.8) is 0 Å². The highest BCUT2D eigenvalue weighted by Crippen LogP contribution is 2.16. The number of carbonyl (C=O) groups excluding carboxylic acids is 1. The third kappa shape index (κ3) is 3.19. The van der Waals surface area contributed by atoms with Crippen molar-refractivity contribution in [2.24, 2.45) is 11.1 Å². The topological polar surface area (TPSA) is 46.3 Å². The lowest BCUT2D eigenvalue weighted by atomic mass is 9.92. The predicted molar refractivity (Wildman–Crippen MR) is 55.3 cm³/mol. The summed E-state index contributed by atoms with van der Waals surface area (Å²) in [7, 11) is 0. The summed E-state index contributed by atoms with van der Waals surface area (Å²) in [5, 5.41) is 0. The normalized spacial score (nSPS) is 11.1. The van der Waals surface area contributed by atoms with E-state index in [1.165, 1.54) is 0 Å². The van der Waals surface area contributed by atoms with Gasteiger partial charge in [0.15, 0.2) is 0 Å². The van der Waals surface area contributed by atoms with Crippen LogP contribution in [0.1, 0.15) is 20.8 Å². The summed E-state index contributed by atoms with van der Waals surface area (Å²) >= 11 is 0. The van der Waals surface area contributed by atoms with E-state index in [1.807, 2.05) is 20.8 Å². The lowest BCUT2D eigenvalue weighted by Gasteiger charge is -2.29. The van der Waals surface area contributed by atoms with Crippen molar-refractivity contribution < 1.29 is 4.79 Å². The summed E-state index contributed by atoms with van der Waals surface area (Å²) in [5.41, 5.74) is 5.06. The Morgan fingerprint density at radius 3 is 2.46 bits per heavy atom. The van der Waals surface area contributed by atoms with Crippen LogP contribution in [0.2, 0.25) is 0 Å². The lowest BCUT2D eigenvalue weighted by Crippen LogP contribution is -2.44. The Balaban J connectivity index is 4.44. The molecule has 0 aliphatic carbocycles. The highest BCUT2D eigenvalue weighted by molar-refractivity contribution is 5.82. The summed E-state index contributed by atoms with van der Waals surface area (Å²) in [6.45, 7) is 11.0. The number of amides is 1. The zero-order chi connectivity index (χ0) is 10.5. The first-order valence-electron chi connectivity index (χ1n) is 4.60. The SMILES string of the molecule is C=CCN(CC)C(=O)C(C)(C)CN. The Labute approximate surface area is 80.6 Å². The molecule has 0 bridgehead atoms. The fourth-order valence-electron chi connectivity index (χ4n) is 1.03. The van der Waals surface area contributed by atoms with Crippen molar-refractivity contribution in [2.45, 2.75) is 20.8 Å². The molecule has 0 heterocycles. The van der Waals surface area contributed by atoms with Gasteiger partial charge in [-0.1, -0.05) is 6.08 Å². The number of carbonyl (C=O) groups is 1. The summed E-state index contributed by atoms with van der Waals surface area (Å²) < 4.78 is 0. The molecule has 0 spiro atoms. The molecule has 0 saturated heterocycles. The van der Waals surface area contributed by atoms with Crippen LogP contribution in [0.3, 0.4) is 0 Å². The third-order valence-corrected chi connectivity index (χ3v) is 2.11. The zero-order valence-electron chi connectivity index (χ0n) is 8.84. The van der Waals surface area contributed by atoms with Crippen LogP contribution in [0.25, 0.3) is 0 Å². The Morgan fingerprint density at radius 2 is 2.15 bits per heavy atom. The smallest absolute Gasteiger partial charge is 0.229 e. The van der Waals surface area contributed by atoms with Crippen molar-refractivity contribution in [1.82, 2.24) is 4.90 Å². The van der Waals surface area contributed by atoms with E-state index >= 15 is 0 Å². The molecule has 2 N–H and O–H groups in total. The number of nitrogens with two attached hydrogens (primary N) is 1. The van der Waals surface area contributed by atoms with Crippen molar-refractivity contribution in [3.8, 4) is 0 Å². The highest BCUT2D eigenvalue weighted by Gasteiger charge is 2.29. The van der Waals surface area contributed by atoms with Gasteiger partial charge >= 0.3 is 0 Å². The van der Waals surface area contributed by atoms with Crippen LogP contribution in [0.5, 0.6) is 0 Å². The quantitative estimate of drug-likeness (QED) is 0.648. The average Bonchev–Trinajstić information content (AvgIpc) is 2.13. The van der Waals surface area contributed by atoms with Crippen LogP contribution >= 0.6 is 0 Å². The van der Waals surface area contributed by atoms with Crippen molar-refractivity contribution in [1.29, 1.82) is 0 Å². The van der Waals surface area contributed by atoms with E-state index in [4.69, 9.17) is 5.73 Å². The monoisotopic (exact) mass is 184 g/mol. The maximum atomic E-state index is 11.8. The molecule has 0 aromatic carbocycles. The van der Waals surface area contributed by atoms with Crippen LogP contribution in [-0.2, 0) is 4.79 Å². The van der Waals surface area contributed by atoms with Gasteiger partial charge in [0, 0.05) is 19.6 Å². The van der Waals surface area contributed by atoms with Gasteiger partial charge in [0.05, 0.1) is 5.41 Å². The molecule has 3 heteroatoms. The molecule has 0 aliphatic rings.